The van der Waals surface area contributed by atoms with Crippen molar-refractivity contribution in [3.05, 3.63) is 94.1 Å². The maximum atomic E-state index is 12.7. The molecule has 0 radical (unpaired) electrons. The van der Waals surface area contributed by atoms with E-state index in [4.69, 9.17) is 11.6 Å². The highest BCUT2D eigenvalue weighted by Crippen LogP contribution is 2.33. The third-order valence-electron chi connectivity index (χ3n) is 4.22. The molecule has 27 heavy (non-hydrogen) atoms. The van der Waals surface area contributed by atoms with E-state index < -0.39 is 0 Å². The second-order valence-electron chi connectivity index (χ2n) is 6.03. The fourth-order valence-electron chi connectivity index (χ4n) is 2.88. The van der Waals surface area contributed by atoms with Crippen LogP contribution >= 0.6 is 23.4 Å². The van der Waals surface area contributed by atoms with Crippen LogP contribution < -0.4 is 0 Å². The molecule has 0 atom stereocenters. The fourth-order valence-corrected chi connectivity index (χ4v) is 3.83. The number of hydrogen-bond acceptors (Lipinski definition) is 3. The van der Waals surface area contributed by atoms with Crippen LogP contribution in [-0.4, -0.2) is 20.6 Å². The van der Waals surface area contributed by atoms with E-state index in [1.165, 1.54) is 4.90 Å². The first kappa shape index (κ1) is 17.6. The smallest absolute Gasteiger partial charge is 0.293 e. The van der Waals surface area contributed by atoms with Crippen LogP contribution in [0.2, 0.25) is 5.02 Å². The standard InChI is InChI=1S/C21H15ClN2O2S/c22-16-10-8-15(9-11-16)14-24-20(25)19(27-21(24)26)13-18-7-4-12-23(18)17-5-2-1-3-6-17/h1-13H,14H2/b19-13+. The third kappa shape index (κ3) is 3.70. The number of rotatable bonds is 4. The van der Waals surface area contributed by atoms with Gasteiger partial charge in [0.1, 0.15) is 0 Å². The predicted molar refractivity (Wildman–Crippen MR) is 109 cm³/mol. The first-order valence-electron chi connectivity index (χ1n) is 8.34. The Kier molecular flexibility index (Phi) is 4.88. The molecule has 2 amide bonds. The van der Waals surface area contributed by atoms with Crippen molar-refractivity contribution >= 4 is 40.6 Å². The summed E-state index contributed by atoms with van der Waals surface area (Å²) < 4.78 is 1.98. The zero-order valence-corrected chi connectivity index (χ0v) is 15.8. The number of carbonyl (C=O) groups is 2. The summed E-state index contributed by atoms with van der Waals surface area (Å²) in [6.45, 7) is 0.235. The molecule has 1 aliphatic rings. The van der Waals surface area contributed by atoms with Crippen molar-refractivity contribution in [3.8, 4) is 5.69 Å². The van der Waals surface area contributed by atoms with Gasteiger partial charge < -0.3 is 4.57 Å². The Hall–Kier alpha value is -2.76. The first-order valence-corrected chi connectivity index (χ1v) is 9.54. The van der Waals surface area contributed by atoms with Crippen molar-refractivity contribution in [1.82, 2.24) is 9.47 Å². The van der Waals surface area contributed by atoms with Crippen LogP contribution in [0.15, 0.2) is 77.8 Å². The van der Waals surface area contributed by atoms with Gasteiger partial charge in [-0.1, -0.05) is 41.9 Å². The van der Waals surface area contributed by atoms with Crippen LogP contribution in [0.25, 0.3) is 11.8 Å². The number of para-hydroxylation sites is 1. The molecule has 2 aromatic carbocycles. The minimum absolute atomic E-state index is 0.235. The second kappa shape index (κ2) is 7.47. The number of benzene rings is 2. The summed E-state index contributed by atoms with van der Waals surface area (Å²) in [5, 5.41) is 0.355. The normalized spacial score (nSPS) is 15.7. The van der Waals surface area contributed by atoms with Crippen LogP contribution in [0, 0.1) is 0 Å². The van der Waals surface area contributed by atoms with Gasteiger partial charge in [-0.25, -0.2) is 0 Å². The van der Waals surface area contributed by atoms with Gasteiger partial charge in [0.25, 0.3) is 11.1 Å². The van der Waals surface area contributed by atoms with Crippen molar-refractivity contribution in [3.63, 3.8) is 0 Å². The minimum atomic E-state index is -0.277. The minimum Gasteiger partial charge on any atom is -0.317 e. The summed E-state index contributed by atoms with van der Waals surface area (Å²) in [7, 11) is 0. The van der Waals surface area contributed by atoms with E-state index in [0.29, 0.717) is 9.93 Å². The summed E-state index contributed by atoms with van der Waals surface area (Å²) >= 11 is 6.86. The number of aromatic nitrogens is 1. The average Bonchev–Trinajstić information content (AvgIpc) is 3.24. The van der Waals surface area contributed by atoms with Gasteiger partial charge in [-0.05, 0) is 59.8 Å². The molecule has 0 saturated carbocycles. The third-order valence-corrected chi connectivity index (χ3v) is 5.38. The van der Waals surface area contributed by atoms with Gasteiger partial charge in [-0.15, -0.1) is 0 Å². The molecule has 1 aromatic heterocycles. The fraction of sp³-hybridized carbons (Fsp3) is 0.0476. The highest BCUT2D eigenvalue weighted by molar-refractivity contribution is 8.18. The average molecular weight is 395 g/mol. The topological polar surface area (TPSA) is 42.3 Å². The molecule has 6 heteroatoms. The van der Waals surface area contributed by atoms with E-state index in [-0.39, 0.29) is 17.7 Å². The Bertz CT molecular complexity index is 1030. The Morgan fingerprint density at radius 2 is 1.67 bits per heavy atom. The number of hydrogen-bond donors (Lipinski definition) is 0. The molecule has 3 aromatic rings. The van der Waals surface area contributed by atoms with E-state index >= 15 is 0 Å². The highest BCUT2D eigenvalue weighted by atomic mass is 35.5. The van der Waals surface area contributed by atoms with Crippen LogP contribution in [0.4, 0.5) is 4.79 Å². The van der Waals surface area contributed by atoms with Gasteiger partial charge >= 0.3 is 0 Å². The number of amides is 2. The van der Waals surface area contributed by atoms with E-state index in [9.17, 15) is 9.59 Å². The number of carbonyl (C=O) groups excluding carboxylic acids is 2. The maximum Gasteiger partial charge on any atom is 0.293 e. The first-order chi connectivity index (χ1) is 13.1. The van der Waals surface area contributed by atoms with Crippen molar-refractivity contribution in [2.45, 2.75) is 6.54 Å². The predicted octanol–water partition coefficient (Wildman–Crippen LogP) is 5.37. The highest BCUT2D eigenvalue weighted by Gasteiger charge is 2.35. The Balaban J connectivity index is 1.59. The molecule has 2 heterocycles. The van der Waals surface area contributed by atoms with E-state index in [0.717, 1.165) is 28.7 Å². The molecule has 0 N–H and O–H groups in total. The molecule has 4 nitrogen and oxygen atoms in total. The lowest BCUT2D eigenvalue weighted by Gasteiger charge is -2.12. The van der Waals surface area contributed by atoms with E-state index in [2.05, 4.69) is 0 Å². The van der Waals surface area contributed by atoms with Crippen LogP contribution in [0.5, 0.6) is 0 Å². The summed E-state index contributed by atoms with van der Waals surface area (Å²) in [5.41, 5.74) is 2.70. The Labute approximate surface area is 166 Å². The summed E-state index contributed by atoms with van der Waals surface area (Å²) in [6.07, 6.45) is 3.69. The van der Waals surface area contributed by atoms with Gasteiger partial charge in [0.2, 0.25) is 0 Å². The molecule has 134 valence electrons. The molecule has 1 fully saturated rings. The van der Waals surface area contributed by atoms with Crippen molar-refractivity contribution < 1.29 is 9.59 Å². The summed E-state index contributed by atoms with van der Waals surface area (Å²) in [5.74, 6) is -0.277. The number of thioether (sulfide) groups is 1. The quantitative estimate of drug-likeness (QED) is 0.559. The largest absolute Gasteiger partial charge is 0.317 e. The Morgan fingerprint density at radius 1 is 0.926 bits per heavy atom. The van der Waals surface area contributed by atoms with Gasteiger partial charge in [0, 0.05) is 22.6 Å². The van der Waals surface area contributed by atoms with Gasteiger partial charge in [-0.2, -0.15) is 0 Å². The van der Waals surface area contributed by atoms with Crippen molar-refractivity contribution in [2.75, 3.05) is 0 Å². The lowest BCUT2D eigenvalue weighted by atomic mass is 10.2. The SMILES string of the molecule is O=C1S/C(=C/c2cccn2-c2ccccc2)C(=O)N1Cc1ccc(Cl)cc1. The van der Waals surface area contributed by atoms with Crippen LogP contribution in [-0.2, 0) is 11.3 Å². The molecule has 1 saturated heterocycles. The molecule has 1 aliphatic heterocycles. The number of imide groups is 1. The summed E-state index contributed by atoms with van der Waals surface area (Å²) in [4.78, 5) is 26.8. The number of halogens is 1. The van der Waals surface area contributed by atoms with Crippen molar-refractivity contribution in [1.29, 1.82) is 0 Å². The van der Waals surface area contributed by atoms with Gasteiger partial charge in [0.15, 0.2) is 0 Å². The lowest BCUT2D eigenvalue weighted by Crippen LogP contribution is -2.27. The zero-order chi connectivity index (χ0) is 18.8. The Morgan fingerprint density at radius 3 is 2.41 bits per heavy atom. The monoisotopic (exact) mass is 394 g/mol. The van der Waals surface area contributed by atoms with Crippen molar-refractivity contribution in [2.24, 2.45) is 0 Å². The molecular weight excluding hydrogens is 380 g/mol. The summed E-state index contributed by atoms with van der Waals surface area (Å²) in [6, 6.07) is 20.8. The van der Waals surface area contributed by atoms with Gasteiger partial charge in [0.05, 0.1) is 11.4 Å². The second-order valence-corrected chi connectivity index (χ2v) is 7.46. The van der Waals surface area contributed by atoms with E-state index in [1.807, 2.05) is 65.4 Å². The molecule has 0 unspecified atom stereocenters. The van der Waals surface area contributed by atoms with Crippen LogP contribution in [0.1, 0.15) is 11.3 Å². The molecule has 0 bridgehead atoms. The molecule has 0 spiro atoms. The molecule has 0 aliphatic carbocycles. The maximum absolute atomic E-state index is 12.7. The van der Waals surface area contributed by atoms with Crippen LogP contribution in [0.3, 0.4) is 0 Å². The molecular formula is C21H15ClN2O2S. The van der Waals surface area contributed by atoms with E-state index in [1.54, 1.807) is 18.2 Å². The lowest BCUT2D eigenvalue weighted by molar-refractivity contribution is -0.123. The number of nitrogens with zero attached hydrogens (tertiary/aromatic N) is 2. The van der Waals surface area contributed by atoms with Gasteiger partial charge in [-0.3, -0.25) is 14.5 Å². The molecule has 4 rings (SSSR count). The zero-order valence-electron chi connectivity index (χ0n) is 14.2.